The van der Waals surface area contributed by atoms with Crippen LogP contribution in [-0.2, 0) is 0 Å². The molecule has 0 radical (unpaired) electrons. The quantitative estimate of drug-likeness (QED) is 0.521. The van der Waals surface area contributed by atoms with Gasteiger partial charge in [0, 0.05) is 35.1 Å². The summed E-state index contributed by atoms with van der Waals surface area (Å²) in [4.78, 5) is 19.1. The molecule has 2 aromatic carbocycles. The van der Waals surface area contributed by atoms with Crippen molar-refractivity contribution in [1.82, 2.24) is 9.97 Å². The van der Waals surface area contributed by atoms with Crippen molar-refractivity contribution >= 4 is 23.1 Å². The monoisotopic (exact) mass is 354 g/mol. The van der Waals surface area contributed by atoms with Crippen LogP contribution in [0, 0.1) is 10.1 Å². The van der Waals surface area contributed by atoms with Crippen LogP contribution in [0.15, 0.2) is 60.9 Å². The van der Waals surface area contributed by atoms with Crippen LogP contribution >= 0.6 is 11.6 Å². The molecule has 3 aromatic rings. The fourth-order valence-corrected chi connectivity index (χ4v) is 2.66. The van der Waals surface area contributed by atoms with Crippen LogP contribution in [0.2, 0.25) is 5.02 Å². The first-order valence-corrected chi connectivity index (χ1v) is 8.00. The van der Waals surface area contributed by atoms with Crippen molar-refractivity contribution in [2.24, 2.45) is 0 Å². The minimum atomic E-state index is -0.430. The standard InChI is InChI=1S/C18H15ClN4O2/c1-12(14-3-2-4-15(19)11-14)22-18-17(20-9-10-21-18)13-5-7-16(8-6-13)23(24)25/h2-12H,1H3,(H,21,22). The summed E-state index contributed by atoms with van der Waals surface area (Å²) in [5, 5.41) is 14.8. The second kappa shape index (κ2) is 7.27. The van der Waals surface area contributed by atoms with Crippen LogP contribution in [0.5, 0.6) is 0 Å². The van der Waals surface area contributed by atoms with Crippen LogP contribution in [-0.4, -0.2) is 14.9 Å². The number of nitro groups is 1. The van der Waals surface area contributed by atoms with Crippen molar-refractivity contribution in [1.29, 1.82) is 0 Å². The molecule has 25 heavy (non-hydrogen) atoms. The number of benzene rings is 2. The predicted molar refractivity (Wildman–Crippen MR) is 97.6 cm³/mol. The van der Waals surface area contributed by atoms with E-state index in [9.17, 15) is 10.1 Å². The number of nitrogens with one attached hydrogen (secondary N) is 1. The SMILES string of the molecule is CC(Nc1nccnc1-c1ccc([N+](=O)[O-])cc1)c1cccc(Cl)c1. The molecule has 0 spiro atoms. The molecule has 0 fully saturated rings. The highest BCUT2D eigenvalue weighted by atomic mass is 35.5. The second-order valence-corrected chi connectivity index (χ2v) is 5.92. The Bertz CT molecular complexity index is 900. The third-order valence-electron chi connectivity index (χ3n) is 3.75. The molecular weight excluding hydrogens is 340 g/mol. The molecule has 0 bridgehead atoms. The normalized spacial score (nSPS) is 11.8. The highest BCUT2D eigenvalue weighted by molar-refractivity contribution is 6.30. The van der Waals surface area contributed by atoms with E-state index < -0.39 is 4.92 Å². The van der Waals surface area contributed by atoms with Crippen molar-refractivity contribution in [2.75, 3.05) is 5.32 Å². The molecule has 1 atom stereocenters. The van der Waals surface area contributed by atoms with Crippen LogP contribution in [0.25, 0.3) is 11.3 Å². The van der Waals surface area contributed by atoms with Gasteiger partial charge in [-0.05, 0) is 36.8 Å². The number of halogens is 1. The molecule has 6 nitrogen and oxygen atoms in total. The topological polar surface area (TPSA) is 81.0 Å². The molecular formula is C18H15ClN4O2. The van der Waals surface area contributed by atoms with Gasteiger partial charge in [-0.25, -0.2) is 4.98 Å². The Balaban J connectivity index is 1.89. The van der Waals surface area contributed by atoms with Crippen LogP contribution < -0.4 is 5.32 Å². The zero-order chi connectivity index (χ0) is 17.8. The fraction of sp³-hybridized carbons (Fsp3) is 0.111. The summed E-state index contributed by atoms with van der Waals surface area (Å²) < 4.78 is 0. The van der Waals surface area contributed by atoms with Gasteiger partial charge in [0.1, 0.15) is 5.69 Å². The molecule has 0 amide bonds. The van der Waals surface area contributed by atoms with Crippen LogP contribution in [0.3, 0.4) is 0 Å². The fourth-order valence-electron chi connectivity index (χ4n) is 2.46. The summed E-state index contributed by atoms with van der Waals surface area (Å²) in [6.07, 6.45) is 3.19. The van der Waals surface area contributed by atoms with E-state index in [0.29, 0.717) is 16.5 Å². The summed E-state index contributed by atoms with van der Waals surface area (Å²) in [6.45, 7) is 2.00. The third kappa shape index (κ3) is 3.92. The van der Waals surface area contributed by atoms with Crippen molar-refractivity contribution in [3.05, 3.63) is 81.6 Å². The molecule has 0 saturated carbocycles. The average molecular weight is 355 g/mol. The maximum Gasteiger partial charge on any atom is 0.269 e. The van der Waals surface area contributed by atoms with Gasteiger partial charge in [0.15, 0.2) is 5.82 Å². The van der Waals surface area contributed by atoms with Gasteiger partial charge in [0.25, 0.3) is 5.69 Å². The summed E-state index contributed by atoms with van der Waals surface area (Å²) in [7, 11) is 0. The highest BCUT2D eigenvalue weighted by Gasteiger charge is 2.13. The molecule has 3 rings (SSSR count). The largest absolute Gasteiger partial charge is 0.362 e. The van der Waals surface area contributed by atoms with Gasteiger partial charge in [-0.15, -0.1) is 0 Å². The smallest absolute Gasteiger partial charge is 0.269 e. The lowest BCUT2D eigenvalue weighted by Gasteiger charge is -2.17. The van der Waals surface area contributed by atoms with E-state index >= 15 is 0 Å². The maximum atomic E-state index is 10.8. The summed E-state index contributed by atoms with van der Waals surface area (Å²) in [5.41, 5.74) is 2.44. The molecule has 0 aliphatic rings. The first-order chi connectivity index (χ1) is 12.0. The maximum absolute atomic E-state index is 10.8. The molecule has 1 N–H and O–H groups in total. The Morgan fingerprint density at radius 3 is 2.52 bits per heavy atom. The van der Waals surface area contributed by atoms with E-state index in [1.54, 1.807) is 24.5 Å². The minimum Gasteiger partial charge on any atom is -0.362 e. The lowest BCUT2D eigenvalue weighted by atomic mass is 10.1. The van der Waals surface area contributed by atoms with Crippen molar-refractivity contribution < 1.29 is 4.92 Å². The van der Waals surface area contributed by atoms with E-state index in [0.717, 1.165) is 11.1 Å². The van der Waals surface area contributed by atoms with Gasteiger partial charge in [-0.2, -0.15) is 0 Å². The number of nitrogens with zero attached hydrogens (tertiary/aromatic N) is 3. The predicted octanol–water partition coefficient (Wildman–Crippen LogP) is 4.88. The second-order valence-electron chi connectivity index (χ2n) is 5.48. The lowest BCUT2D eigenvalue weighted by Crippen LogP contribution is -2.09. The van der Waals surface area contributed by atoms with Gasteiger partial charge < -0.3 is 5.32 Å². The molecule has 0 saturated heterocycles. The summed E-state index contributed by atoms with van der Waals surface area (Å²) >= 11 is 6.05. The zero-order valence-corrected chi connectivity index (χ0v) is 14.1. The summed E-state index contributed by atoms with van der Waals surface area (Å²) in [5.74, 6) is 0.601. The molecule has 7 heteroatoms. The van der Waals surface area contributed by atoms with Crippen LogP contribution in [0.4, 0.5) is 11.5 Å². The Morgan fingerprint density at radius 2 is 1.84 bits per heavy atom. The number of aromatic nitrogens is 2. The van der Waals surface area contributed by atoms with E-state index in [1.165, 1.54) is 12.1 Å². The van der Waals surface area contributed by atoms with Gasteiger partial charge in [-0.3, -0.25) is 15.1 Å². The molecule has 0 aliphatic carbocycles. The van der Waals surface area contributed by atoms with Crippen LogP contribution in [0.1, 0.15) is 18.5 Å². The Hall–Kier alpha value is -2.99. The van der Waals surface area contributed by atoms with E-state index in [4.69, 9.17) is 11.6 Å². The molecule has 1 unspecified atom stereocenters. The number of hydrogen-bond donors (Lipinski definition) is 1. The zero-order valence-electron chi connectivity index (χ0n) is 13.4. The minimum absolute atomic E-state index is 0.0350. The lowest BCUT2D eigenvalue weighted by molar-refractivity contribution is -0.384. The number of nitro benzene ring substituents is 1. The number of hydrogen-bond acceptors (Lipinski definition) is 5. The molecule has 1 heterocycles. The van der Waals surface area contributed by atoms with Crippen molar-refractivity contribution in [3.8, 4) is 11.3 Å². The average Bonchev–Trinajstić information content (AvgIpc) is 2.62. The third-order valence-corrected chi connectivity index (χ3v) is 3.99. The van der Waals surface area contributed by atoms with E-state index in [2.05, 4.69) is 15.3 Å². The molecule has 126 valence electrons. The van der Waals surface area contributed by atoms with Crippen molar-refractivity contribution in [2.45, 2.75) is 13.0 Å². The summed E-state index contributed by atoms with van der Waals surface area (Å²) in [6, 6.07) is 13.8. The molecule has 0 aliphatic heterocycles. The van der Waals surface area contributed by atoms with Gasteiger partial charge in [-0.1, -0.05) is 23.7 Å². The number of rotatable bonds is 5. The Morgan fingerprint density at radius 1 is 1.12 bits per heavy atom. The number of non-ortho nitro benzene ring substituents is 1. The first-order valence-electron chi connectivity index (χ1n) is 7.62. The first kappa shape index (κ1) is 16.9. The van der Waals surface area contributed by atoms with Gasteiger partial charge >= 0.3 is 0 Å². The molecule has 1 aromatic heterocycles. The van der Waals surface area contributed by atoms with E-state index in [-0.39, 0.29) is 11.7 Å². The Labute approximate surface area is 149 Å². The highest BCUT2D eigenvalue weighted by Crippen LogP contribution is 2.28. The van der Waals surface area contributed by atoms with Crippen molar-refractivity contribution in [3.63, 3.8) is 0 Å². The number of anilines is 1. The van der Waals surface area contributed by atoms with Gasteiger partial charge in [0.2, 0.25) is 0 Å². The van der Waals surface area contributed by atoms with Gasteiger partial charge in [0.05, 0.1) is 11.0 Å². The Kier molecular flexibility index (Phi) is 4.90. The van der Waals surface area contributed by atoms with E-state index in [1.807, 2.05) is 31.2 Å².